The molecule has 2 N–H and O–H groups in total. The van der Waals surface area contributed by atoms with Gasteiger partial charge in [-0.15, -0.1) is 0 Å². The molecule has 2 heterocycles. The molecule has 0 bridgehead atoms. The van der Waals surface area contributed by atoms with Crippen molar-refractivity contribution in [2.45, 2.75) is 26.2 Å². The van der Waals surface area contributed by atoms with Crippen LogP contribution in [0, 0.1) is 12.8 Å². The molecular formula is C9H16N4O. The Bertz CT molecular complexity index is 291. The third-order valence-electron chi connectivity index (χ3n) is 2.68. The highest BCUT2D eigenvalue weighted by Gasteiger charge is 2.19. The fourth-order valence-corrected chi connectivity index (χ4v) is 1.83. The van der Waals surface area contributed by atoms with E-state index in [2.05, 4.69) is 10.1 Å². The van der Waals surface area contributed by atoms with E-state index in [0.29, 0.717) is 5.92 Å². The van der Waals surface area contributed by atoms with Crippen molar-refractivity contribution in [2.24, 2.45) is 11.8 Å². The van der Waals surface area contributed by atoms with Crippen molar-refractivity contribution < 1.29 is 4.52 Å². The van der Waals surface area contributed by atoms with Crippen molar-refractivity contribution in [1.29, 1.82) is 0 Å². The van der Waals surface area contributed by atoms with Gasteiger partial charge in [-0.05, 0) is 25.7 Å². The summed E-state index contributed by atoms with van der Waals surface area (Å²) in [5.41, 5.74) is 0. The molecule has 0 amide bonds. The average molecular weight is 196 g/mol. The van der Waals surface area contributed by atoms with Crippen molar-refractivity contribution in [2.75, 3.05) is 13.1 Å². The monoisotopic (exact) mass is 196 g/mol. The van der Waals surface area contributed by atoms with E-state index in [1.165, 1.54) is 0 Å². The van der Waals surface area contributed by atoms with Gasteiger partial charge < -0.3 is 4.52 Å². The zero-order valence-corrected chi connectivity index (χ0v) is 8.44. The predicted molar refractivity (Wildman–Crippen MR) is 51.2 cm³/mol. The van der Waals surface area contributed by atoms with E-state index in [0.717, 1.165) is 44.1 Å². The summed E-state index contributed by atoms with van der Waals surface area (Å²) < 4.78 is 5.09. The van der Waals surface area contributed by atoms with Crippen LogP contribution in [0.2, 0.25) is 0 Å². The van der Waals surface area contributed by atoms with Gasteiger partial charge in [0.25, 0.3) is 0 Å². The van der Waals surface area contributed by atoms with Gasteiger partial charge in [0.2, 0.25) is 5.89 Å². The Hall–Kier alpha value is -0.940. The van der Waals surface area contributed by atoms with Crippen LogP contribution >= 0.6 is 0 Å². The zero-order chi connectivity index (χ0) is 9.97. The summed E-state index contributed by atoms with van der Waals surface area (Å²) in [4.78, 5) is 4.20. The summed E-state index contributed by atoms with van der Waals surface area (Å²) in [7, 11) is 0. The van der Waals surface area contributed by atoms with Gasteiger partial charge in [-0.25, -0.2) is 5.01 Å². The summed E-state index contributed by atoms with van der Waals surface area (Å²) in [6, 6.07) is 0. The van der Waals surface area contributed by atoms with E-state index >= 15 is 0 Å². The van der Waals surface area contributed by atoms with E-state index < -0.39 is 0 Å². The summed E-state index contributed by atoms with van der Waals surface area (Å²) in [6.07, 6.45) is 3.14. The van der Waals surface area contributed by atoms with Crippen LogP contribution in [-0.2, 0) is 6.42 Å². The molecule has 1 aromatic heterocycles. The second kappa shape index (κ2) is 4.06. The maximum absolute atomic E-state index is 5.68. The number of hydrogen-bond donors (Lipinski definition) is 1. The fourth-order valence-electron chi connectivity index (χ4n) is 1.83. The first-order valence-electron chi connectivity index (χ1n) is 5.03. The Balaban J connectivity index is 1.86. The van der Waals surface area contributed by atoms with Crippen molar-refractivity contribution in [3.05, 3.63) is 11.7 Å². The highest BCUT2D eigenvalue weighted by molar-refractivity contribution is 4.86. The van der Waals surface area contributed by atoms with Crippen LogP contribution in [-0.4, -0.2) is 28.2 Å². The van der Waals surface area contributed by atoms with Gasteiger partial charge in [-0.3, -0.25) is 5.84 Å². The van der Waals surface area contributed by atoms with E-state index in [4.69, 9.17) is 10.4 Å². The van der Waals surface area contributed by atoms with Crippen LogP contribution in [0.25, 0.3) is 0 Å². The van der Waals surface area contributed by atoms with Crippen molar-refractivity contribution in [1.82, 2.24) is 15.1 Å². The van der Waals surface area contributed by atoms with Crippen molar-refractivity contribution >= 4 is 0 Å². The lowest BCUT2D eigenvalue weighted by Gasteiger charge is -2.27. The molecule has 1 saturated heterocycles. The van der Waals surface area contributed by atoms with E-state index in [1.807, 2.05) is 11.9 Å². The molecular weight excluding hydrogens is 180 g/mol. The molecule has 1 aliphatic rings. The first-order chi connectivity index (χ1) is 6.74. The molecule has 0 radical (unpaired) electrons. The van der Waals surface area contributed by atoms with Gasteiger partial charge in [0.1, 0.15) is 0 Å². The van der Waals surface area contributed by atoms with Crippen LogP contribution in [0.5, 0.6) is 0 Å². The average Bonchev–Trinajstić information content (AvgIpc) is 2.56. The molecule has 0 unspecified atom stereocenters. The minimum atomic E-state index is 0.648. The summed E-state index contributed by atoms with van der Waals surface area (Å²) in [5.74, 6) is 7.80. The highest BCUT2D eigenvalue weighted by Crippen LogP contribution is 2.19. The van der Waals surface area contributed by atoms with Gasteiger partial charge in [0, 0.05) is 19.5 Å². The second-order valence-electron chi connectivity index (χ2n) is 3.92. The third-order valence-corrected chi connectivity index (χ3v) is 2.68. The number of piperidine rings is 1. The molecule has 78 valence electrons. The standard InChI is InChI=1S/C9H16N4O/c1-7-11-9(14-12-7)6-8-2-4-13(10)5-3-8/h8H,2-6,10H2,1H3. The number of hydrogen-bond acceptors (Lipinski definition) is 5. The van der Waals surface area contributed by atoms with Crippen LogP contribution in [0.4, 0.5) is 0 Å². The van der Waals surface area contributed by atoms with Crippen molar-refractivity contribution in [3.63, 3.8) is 0 Å². The Labute approximate surface area is 83.2 Å². The molecule has 5 heteroatoms. The predicted octanol–water partition coefficient (Wildman–Crippen LogP) is 0.506. The fraction of sp³-hybridized carbons (Fsp3) is 0.778. The minimum Gasteiger partial charge on any atom is -0.339 e. The largest absolute Gasteiger partial charge is 0.339 e. The molecule has 0 atom stereocenters. The number of nitrogens with two attached hydrogens (primary N) is 1. The molecule has 1 aromatic rings. The number of hydrazine groups is 1. The van der Waals surface area contributed by atoms with Crippen LogP contribution < -0.4 is 5.84 Å². The van der Waals surface area contributed by atoms with Crippen molar-refractivity contribution in [3.8, 4) is 0 Å². The Morgan fingerprint density at radius 3 is 2.79 bits per heavy atom. The molecule has 14 heavy (non-hydrogen) atoms. The minimum absolute atomic E-state index is 0.648. The number of rotatable bonds is 2. The molecule has 0 saturated carbocycles. The SMILES string of the molecule is Cc1noc(CC2CCN(N)CC2)n1. The quantitative estimate of drug-likeness (QED) is 0.698. The molecule has 1 aliphatic heterocycles. The molecule has 5 nitrogen and oxygen atoms in total. The highest BCUT2D eigenvalue weighted by atomic mass is 16.5. The maximum Gasteiger partial charge on any atom is 0.226 e. The number of nitrogens with zero attached hydrogens (tertiary/aromatic N) is 3. The Kier molecular flexibility index (Phi) is 2.79. The van der Waals surface area contributed by atoms with Gasteiger partial charge in [-0.1, -0.05) is 5.16 Å². The Morgan fingerprint density at radius 2 is 2.21 bits per heavy atom. The van der Waals surface area contributed by atoms with Gasteiger partial charge in [0.05, 0.1) is 0 Å². The normalized spacial score (nSPS) is 20.1. The van der Waals surface area contributed by atoms with Gasteiger partial charge >= 0.3 is 0 Å². The lowest BCUT2D eigenvalue weighted by atomic mass is 9.94. The first-order valence-corrected chi connectivity index (χ1v) is 5.03. The molecule has 0 spiro atoms. The summed E-state index contributed by atoms with van der Waals surface area (Å²) in [5, 5.41) is 5.65. The van der Waals surface area contributed by atoms with E-state index in [1.54, 1.807) is 0 Å². The van der Waals surface area contributed by atoms with E-state index in [9.17, 15) is 0 Å². The van der Waals surface area contributed by atoms with E-state index in [-0.39, 0.29) is 0 Å². The molecule has 2 rings (SSSR count). The Morgan fingerprint density at radius 1 is 1.50 bits per heavy atom. The summed E-state index contributed by atoms with van der Waals surface area (Å²) >= 11 is 0. The molecule has 1 fully saturated rings. The van der Waals surface area contributed by atoms with Gasteiger partial charge in [-0.2, -0.15) is 4.98 Å². The lowest BCUT2D eigenvalue weighted by molar-refractivity contribution is 0.180. The lowest BCUT2D eigenvalue weighted by Crippen LogP contribution is -2.39. The maximum atomic E-state index is 5.68. The molecule has 0 aliphatic carbocycles. The first kappa shape index (κ1) is 9.61. The topological polar surface area (TPSA) is 68.2 Å². The number of aromatic nitrogens is 2. The van der Waals surface area contributed by atoms with Crippen LogP contribution in [0.3, 0.4) is 0 Å². The zero-order valence-electron chi connectivity index (χ0n) is 8.44. The van der Waals surface area contributed by atoms with Crippen LogP contribution in [0.15, 0.2) is 4.52 Å². The number of aryl methyl sites for hydroxylation is 1. The van der Waals surface area contributed by atoms with Crippen LogP contribution in [0.1, 0.15) is 24.6 Å². The molecule has 0 aromatic carbocycles. The summed E-state index contributed by atoms with van der Waals surface area (Å²) in [6.45, 7) is 3.78. The van der Waals surface area contributed by atoms with Gasteiger partial charge in [0.15, 0.2) is 5.82 Å². The smallest absolute Gasteiger partial charge is 0.226 e. The second-order valence-corrected chi connectivity index (χ2v) is 3.92. The third kappa shape index (κ3) is 2.30.